The molecular formula is C22H34N4O4S. The fourth-order valence-electron chi connectivity index (χ4n) is 4.12. The Kier molecular flexibility index (Phi) is 10.3. The van der Waals surface area contributed by atoms with E-state index in [1.165, 1.54) is 30.7 Å². The van der Waals surface area contributed by atoms with E-state index >= 15 is 0 Å². The van der Waals surface area contributed by atoms with E-state index < -0.39 is 16.9 Å². The molecule has 3 atom stereocenters. The Balaban J connectivity index is 1.86. The van der Waals surface area contributed by atoms with Crippen LogP contribution < -0.4 is 10.6 Å². The van der Waals surface area contributed by atoms with E-state index in [2.05, 4.69) is 29.4 Å². The fraction of sp³-hybridized carbons (Fsp3) is 0.636. The quantitative estimate of drug-likeness (QED) is 0.305. The van der Waals surface area contributed by atoms with Gasteiger partial charge in [-0.2, -0.15) is 11.8 Å². The maximum Gasteiger partial charge on any atom is 0.270 e. The Morgan fingerprint density at radius 1 is 1.29 bits per heavy atom. The average Bonchev–Trinajstić information content (AvgIpc) is 2.73. The molecule has 3 unspecified atom stereocenters. The van der Waals surface area contributed by atoms with Crippen LogP contribution >= 0.6 is 11.8 Å². The van der Waals surface area contributed by atoms with Gasteiger partial charge in [-0.15, -0.1) is 0 Å². The molecule has 0 aliphatic carbocycles. The number of non-ortho nitro benzene ring substituents is 1. The molecule has 0 aromatic heterocycles. The number of carbonyl (C=O) groups is 2. The van der Waals surface area contributed by atoms with Gasteiger partial charge >= 0.3 is 0 Å². The number of piperidine rings is 1. The van der Waals surface area contributed by atoms with Crippen LogP contribution in [0.4, 0.5) is 5.69 Å². The number of carbonyl (C=O) groups excluding carboxylic acids is 2. The number of nitrogens with zero attached hydrogens (tertiary/aromatic N) is 2. The summed E-state index contributed by atoms with van der Waals surface area (Å²) in [5, 5.41) is 16.6. The highest BCUT2D eigenvalue weighted by atomic mass is 32.2. The normalized spacial score (nSPS) is 20.1. The molecule has 31 heavy (non-hydrogen) atoms. The lowest BCUT2D eigenvalue weighted by Gasteiger charge is -2.35. The van der Waals surface area contributed by atoms with Crippen LogP contribution in [0.3, 0.4) is 0 Å². The molecule has 0 spiro atoms. The molecule has 1 aliphatic heterocycles. The highest BCUT2D eigenvalue weighted by Crippen LogP contribution is 2.20. The Bertz CT molecular complexity index is 751. The SMILES string of the molecule is CSCCC(NC(=O)c1cccc([N+](=O)[O-])c1)C(=O)NCCCN1CC(C)CC(C)C1. The Morgan fingerprint density at radius 3 is 2.65 bits per heavy atom. The van der Waals surface area contributed by atoms with Crippen LogP contribution in [-0.2, 0) is 4.79 Å². The standard InChI is InChI=1S/C22H34N4O4S/c1-16-12-17(2)15-25(14-16)10-5-9-23-22(28)20(8-11-31-3)24-21(27)18-6-4-7-19(13-18)26(29)30/h4,6-7,13,16-17,20H,5,8-12,14-15H2,1-3H3,(H,23,28)(H,24,27). The van der Waals surface area contributed by atoms with Crippen LogP contribution in [0.25, 0.3) is 0 Å². The molecule has 1 saturated heterocycles. The van der Waals surface area contributed by atoms with Crippen molar-refractivity contribution < 1.29 is 14.5 Å². The number of nitrogens with one attached hydrogen (secondary N) is 2. The zero-order valence-corrected chi connectivity index (χ0v) is 19.5. The smallest absolute Gasteiger partial charge is 0.270 e. The highest BCUT2D eigenvalue weighted by molar-refractivity contribution is 7.98. The van der Waals surface area contributed by atoms with Crippen molar-refractivity contribution in [2.45, 2.75) is 39.2 Å². The van der Waals surface area contributed by atoms with Gasteiger partial charge in [-0.3, -0.25) is 19.7 Å². The Hall–Kier alpha value is -2.13. The average molecular weight is 451 g/mol. The minimum Gasteiger partial charge on any atom is -0.354 e. The summed E-state index contributed by atoms with van der Waals surface area (Å²) >= 11 is 1.60. The van der Waals surface area contributed by atoms with Crippen molar-refractivity contribution in [3.63, 3.8) is 0 Å². The van der Waals surface area contributed by atoms with E-state index in [0.717, 1.165) is 31.8 Å². The van der Waals surface area contributed by atoms with Gasteiger partial charge < -0.3 is 15.5 Å². The van der Waals surface area contributed by atoms with Crippen molar-refractivity contribution >= 4 is 29.3 Å². The second kappa shape index (κ2) is 12.7. The van der Waals surface area contributed by atoms with E-state index in [9.17, 15) is 19.7 Å². The highest BCUT2D eigenvalue weighted by Gasteiger charge is 2.23. The number of nitro groups is 1. The van der Waals surface area contributed by atoms with E-state index in [1.54, 1.807) is 11.8 Å². The van der Waals surface area contributed by atoms with E-state index in [1.807, 2.05) is 6.26 Å². The Morgan fingerprint density at radius 2 is 2.00 bits per heavy atom. The second-order valence-corrected chi connectivity index (χ2v) is 9.45. The van der Waals surface area contributed by atoms with Gasteiger partial charge in [-0.25, -0.2) is 0 Å². The summed E-state index contributed by atoms with van der Waals surface area (Å²) in [5.74, 6) is 1.43. The molecule has 1 aliphatic rings. The number of hydrogen-bond donors (Lipinski definition) is 2. The lowest BCUT2D eigenvalue weighted by atomic mass is 9.92. The maximum absolute atomic E-state index is 12.7. The number of likely N-dealkylation sites (tertiary alicyclic amines) is 1. The molecule has 1 aromatic rings. The van der Waals surface area contributed by atoms with Crippen molar-refractivity contribution in [2.24, 2.45) is 11.8 Å². The number of amides is 2. The second-order valence-electron chi connectivity index (χ2n) is 8.47. The molecule has 1 fully saturated rings. The minimum atomic E-state index is -0.672. The molecule has 9 heteroatoms. The van der Waals surface area contributed by atoms with E-state index in [4.69, 9.17) is 0 Å². The number of thioether (sulfide) groups is 1. The Labute approximate surface area is 188 Å². The van der Waals surface area contributed by atoms with Gasteiger partial charge in [-0.1, -0.05) is 19.9 Å². The van der Waals surface area contributed by atoms with Gasteiger partial charge in [0.05, 0.1) is 4.92 Å². The summed E-state index contributed by atoms with van der Waals surface area (Å²) in [4.78, 5) is 38.1. The largest absolute Gasteiger partial charge is 0.354 e. The third-order valence-corrected chi connectivity index (χ3v) is 6.09. The topological polar surface area (TPSA) is 105 Å². The van der Waals surface area contributed by atoms with Gasteiger partial charge in [0.25, 0.3) is 11.6 Å². The fourth-order valence-corrected chi connectivity index (χ4v) is 4.59. The molecule has 172 valence electrons. The molecule has 2 N–H and O–H groups in total. The van der Waals surface area contributed by atoms with E-state index in [0.29, 0.717) is 24.8 Å². The molecule has 2 rings (SSSR count). The molecule has 1 heterocycles. The number of rotatable bonds is 11. The number of benzene rings is 1. The third-order valence-electron chi connectivity index (χ3n) is 5.45. The molecular weight excluding hydrogens is 416 g/mol. The molecule has 2 amide bonds. The van der Waals surface area contributed by atoms with Gasteiger partial charge in [-0.05, 0) is 55.7 Å². The van der Waals surface area contributed by atoms with Gasteiger partial charge in [0, 0.05) is 37.3 Å². The van der Waals surface area contributed by atoms with Gasteiger partial charge in [0.2, 0.25) is 5.91 Å². The van der Waals surface area contributed by atoms with Crippen LogP contribution in [0.5, 0.6) is 0 Å². The first-order chi connectivity index (χ1) is 14.8. The van der Waals surface area contributed by atoms with Crippen molar-refractivity contribution in [1.29, 1.82) is 0 Å². The van der Waals surface area contributed by atoms with Crippen molar-refractivity contribution in [3.05, 3.63) is 39.9 Å². The lowest BCUT2D eigenvalue weighted by molar-refractivity contribution is -0.384. The molecule has 8 nitrogen and oxygen atoms in total. The number of nitro benzene ring substituents is 1. The third kappa shape index (κ3) is 8.49. The summed E-state index contributed by atoms with van der Waals surface area (Å²) in [6, 6.07) is 4.85. The van der Waals surface area contributed by atoms with Crippen molar-refractivity contribution in [1.82, 2.24) is 15.5 Å². The van der Waals surface area contributed by atoms with Crippen LogP contribution in [0.1, 0.15) is 43.5 Å². The van der Waals surface area contributed by atoms with Crippen molar-refractivity contribution in [3.8, 4) is 0 Å². The molecule has 1 aromatic carbocycles. The zero-order chi connectivity index (χ0) is 22.8. The molecule has 0 bridgehead atoms. The van der Waals surface area contributed by atoms with E-state index in [-0.39, 0.29) is 17.2 Å². The minimum absolute atomic E-state index is 0.154. The molecule has 0 saturated carbocycles. The van der Waals surface area contributed by atoms with Gasteiger partial charge in [0.15, 0.2) is 0 Å². The predicted molar refractivity (Wildman–Crippen MR) is 124 cm³/mol. The first-order valence-corrected chi connectivity index (χ1v) is 12.2. The first-order valence-electron chi connectivity index (χ1n) is 10.8. The first kappa shape index (κ1) is 25.1. The monoisotopic (exact) mass is 450 g/mol. The van der Waals surface area contributed by atoms with Crippen LogP contribution in [0.15, 0.2) is 24.3 Å². The zero-order valence-electron chi connectivity index (χ0n) is 18.6. The van der Waals surface area contributed by atoms with Crippen LogP contribution in [0.2, 0.25) is 0 Å². The van der Waals surface area contributed by atoms with Crippen molar-refractivity contribution in [2.75, 3.05) is 38.2 Å². The lowest BCUT2D eigenvalue weighted by Crippen LogP contribution is -2.47. The summed E-state index contributed by atoms with van der Waals surface area (Å²) in [6.45, 7) is 8.28. The van der Waals surface area contributed by atoms with Crippen LogP contribution in [0, 0.1) is 22.0 Å². The van der Waals surface area contributed by atoms with Gasteiger partial charge in [0.1, 0.15) is 6.04 Å². The van der Waals surface area contributed by atoms with Crippen LogP contribution in [-0.4, -0.2) is 65.9 Å². The predicted octanol–water partition coefficient (Wildman–Crippen LogP) is 2.93. The summed E-state index contributed by atoms with van der Waals surface area (Å²) in [5.41, 5.74) is 0.0172. The molecule has 0 radical (unpaired) electrons. The summed E-state index contributed by atoms with van der Waals surface area (Å²) in [7, 11) is 0. The maximum atomic E-state index is 12.7. The summed E-state index contributed by atoms with van der Waals surface area (Å²) < 4.78 is 0. The summed E-state index contributed by atoms with van der Waals surface area (Å²) in [6.07, 6.45) is 4.57. The number of hydrogen-bond acceptors (Lipinski definition) is 6.